The molecule has 25 heavy (non-hydrogen) atoms. The number of hydrogen-bond donors (Lipinski definition) is 1. The number of hydrogen-bond acceptors (Lipinski definition) is 4. The minimum Gasteiger partial charge on any atom is -0.389 e. The second kappa shape index (κ2) is 10.4. The molecular formula is C19H29ClFNO3. The number of rotatable bonds is 6. The molecule has 1 saturated carbocycles. The van der Waals surface area contributed by atoms with Crippen LogP contribution in [-0.4, -0.2) is 55.1 Å². The Morgan fingerprint density at radius 3 is 2.84 bits per heavy atom. The van der Waals surface area contributed by atoms with Crippen LogP contribution in [0.1, 0.15) is 43.8 Å². The summed E-state index contributed by atoms with van der Waals surface area (Å²) in [5, 5.41) is 10.3. The monoisotopic (exact) mass is 373 g/mol. The van der Waals surface area contributed by atoms with Crippen LogP contribution in [0.3, 0.4) is 0 Å². The predicted octanol–water partition coefficient (Wildman–Crippen LogP) is 3.33. The molecule has 2 fully saturated rings. The van der Waals surface area contributed by atoms with Crippen molar-refractivity contribution in [2.24, 2.45) is 0 Å². The van der Waals surface area contributed by atoms with Crippen LogP contribution in [0.2, 0.25) is 0 Å². The van der Waals surface area contributed by atoms with Crippen molar-refractivity contribution in [3.8, 4) is 0 Å². The number of β-amino-alcohol motifs (C(OH)–C–C–N with tert-alkyl or cyclic N) is 1. The van der Waals surface area contributed by atoms with Crippen molar-refractivity contribution in [2.45, 2.75) is 50.4 Å². The van der Waals surface area contributed by atoms with Crippen molar-refractivity contribution in [3.63, 3.8) is 0 Å². The summed E-state index contributed by atoms with van der Waals surface area (Å²) in [5.74, 6) is -0.242. The molecule has 0 bridgehead atoms. The molecule has 0 amide bonds. The van der Waals surface area contributed by atoms with E-state index in [0.29, 0.717) is 32.4 Å². The average molecular weight is 374 g/mol. The van der Waals surface area contributed by atoms with Gasteiger partial charge in [-0.2, -0.15) is 0 Å². The minimum atomic E-state index is -0.488. The fourth-order valence-corrected chi connectivity index (χ4v) is 3.61. The van der Waals surface area contributed by atoms with Gasteiger partial charge in [-0.15, -0.1) is 12.4 Å². The Balaban J connectivity index is 0.00000225. The first kappa shape index (κ1) is 20.6. The number of aliphatic hydroxyl groups excluding tert-OH is 1. The third kappa shape index (κ3) is 6.50. The molecular weight excluding hydrogens is 345 g/mol. The van der Waals surface area contributed by atoms with Gasteiger partial charge < -0.3 is 14.6 Å². The van der Waals surface area contributed by atoms with E-state index in [1.165, 1.54) is 31.4 Å². The van der Waals surface area contributed by atoms with Crippen LogP contribution < -0.4 is 0 Å². The maximum Gasteiger partial charge on any atom is 0.123 e. The molecule has 1 aromatic carbocycles. The molecule has 142 valence electrons. The molecule has 1 aliphatic heterocycles. The summed E-state index contributed by atoms with van der Waals surface area (Å²) in [5.41, 5.74) is 0.854. The zero-order valence-corrected chi connectivity index (χ0v) is 15.4. The molecule has 1 N–H and O–H groups in total. The normalized spacial score (nSPS) is 23.8. The maximum absolute atomic E-state index is 13.4. The summed E-state index contributed by atoms with van der Waals surface area (Å²) < 4.78 is 25.0. The topological polar surface area (TPSA) is 41.9 Å². The Bertz CT molecular complexity index is 513. The molecule has 1 aromatic rings. The van der Waals surface area contributed by atoms with E-state index >= 15 is 0 Å². The fourth-order valence-electron chi connectivity index (χ4n) is 3.61. The minimum absolute atomic E-state index is 0. The highest BCUT2D eigenvalue weighted by Gasteiger charge is 2.24. The number of morpholine rings is 1. The number of benzene rings is 1. The number of nitrogens with zero attached hydrogens (tertiary/aromatic N) is 1. The van der Waals surface area contributed by atoms with Crippen molar-refractivity contribution >= 4 is 12.4 Å². The van der Waals surface area contributed by atoms with Gasteiger partial charge in [-0.25, -0.2) is 4.39 Å². The zero-order valence-electron chi connectivity index (χ0n) is 14.6. The van der Waals surface area contributed by atoms with E-state index in [2.05, 4.69) is 4.90 Å². The summed E-state index contributed by atoms with van der Waals surface area (Å²) in [7, 11) is 0. The lowest BCUT2D eigenvalue weighted by atomic mass is 9.98. The molecule has 4 nitrogen and oxygen atoms in total. The molecule has 0 spiro atoms. The van der Waals surface area contributed by atoms with Crippen LogP contribution in [0, 0.1) is 5.82 Å². The molecule has 0 aromatic heterocycles. The fraction of sp³-hybridized carbons (Fsp3) is 0.684. The highest BCUT2D eigenvalue weighted by molar-refractivity contribution is 5.85. The summed E-state index contributed by atoms with van der Waals surface area (Å²) in [6, 6.07) is 6.56. The van der Waals surface area contributed by atoms with Crippen LogP contribution in [0.25, 0.3) is 0 Å². The van der Waals surface area contributed by atoms with E-state index in [1.807, 2.05) is 6.07 Å². The van der Waals surface area contributed by atoms with Crippen molar-refractivity contribution < 1.29 is 19.0 Å². The first-order valence-electron chi connectivity index (χ1n) is 9.10. The lowest BCUT2D eigenvalue weighted by Crippen LogP contribution is -2.43. The molecule has 1 aliphatic carbocycles. The lowest BCUT2D eigenvalue weighted by molar-refractivity contribution is -0.0646. The SMILES string of the molecule is Cl.OC(COC1CCCCC1)CN1CCOC(c2cccc(F)c2)C1. The third-order valence-corrected chi connectivity index (χ3v) is 4.92. The second-order valence-corrected chi connectivity index (χ2v) is 6.92. The Hall–Kier alpha value is -0.720. The average Bonchev–Trinajstić information content (AvgIpc) is 2.61. The molecule has 2 atom stereocenters. The van der Waals surface area contributed by atoms with Gasteiger partial charge in [0.1, 0.15) is 5.82 Å². The molecule has 1 saturated heterocycles. The Morgan fingerprint density at radius 2 is 2.08 bits per heavy atom. The van der Waals surface area contributed by atoms with E-state index in [9.17, 15) is 9.50 Å². The van der Waals surface area contributed by atoms with Crippen LogP contribution in [0.4, 0.5) is 4.39 Å². The van der Waals surface area contributed by atoms with Crippen LogP contribution >= 0.6 is 12.4 Å². The molecule has 0 radical (unpaired) electrons. The van der Waals surface area contributed by atoms with Gasteiger partial charge in [-0.05, 0) is 30.5 Å². The standard InChI is InChI=1S/C19H28FNO3.ClH/c20-16-6-4-5-15(11-16)19-13-21(9-10-23-19)12-17(22)14-24-18-7-2-1-3-8-18;/h4-6,11,17-19,22H,1-3,7-10,12-14H2;1H. The van der Waals surface area contributed by atoms with Gasteiger partial charge in [0.2, 0.25) is 0 Å². The van der Waals surface area contributed by atoms with Crippen molar-refractivity contribution in [3.05, 3.63) is 35.6 Å². The van der Waals surface area contributed by atoms with Gasteiger partial charge in [0.05, 0.1) is 31.5 Å². The highest BCUT2D eigenvalue weighted by atomic mass is 35.5. The summed E-state index contributed by atoms with van der Waals surface area (Å²) in [6.45, 7) is 3.02. The maximum atomic E-state index is 13.4. The number of ether oxygens (including phenoxy) is 2. The molecule has 2 aliphatic rings. The summed E-state index contributed by atoms with van der Waals surface area (Å²) >= 11 is 0. The third-order valence-electron chi connectivity index (χ3n) is 4.92. The number of aliphatic hydroxyl groups is 1. The van der Waals surface area contributed by atoms with Gasteiger partial charge in [0.25, 0.3) is 0 Å². The van der Waals surface area contributed by atoms with Gasteiger partial charge in [0, 0.05) is 19.6 Å². The first-order valence-corrected chi connectivity index (χ1v) is 9.10. The van der Waals surface area contributed by atoms with Crippen LogP contribution in [0.15, 0.2) is 24.3 Å². The van der Waals surface area contributed by atoms with Crippen molar-refractivity contribution in [1.82, 2.24) is 4.90 Å². The van der Waals surface area contributed by atoms with Gasteiger partial charge in [-0.3, -0.25) is 4.90 Å². The van der Waals surface area contributed by atoms with Crippen molar-refractivity contribution in [2.75, 3.05) is 32.8 Å². The summed E-state index contributed by atoms with van der Waals surface area (Å²) in [4.78, 5) is 2.17. The smallest absolute Gasteiger partial charge is 0.123 e. The Kier molecular flexibility index (Phi) is 8.59. The number of halogens is 2. The molecule has 3 rings (SSSR count). The summed E-state index contributed by atoms with van der Waals surface area (Å²) in [6.07, 6.45) is 5.70. The first-order chi connectivity index (χ1) is 11.7. The predicted molar refractivity (Wildman–Crippen MR) is 97.6 cm³/mol. The van der Waals surface area contributed by atoms with E-state index < -0.39 is 6.10 Å². The molecule has 1 heterocycles. The van der Waals surface area contributed by atoms with Gasteiger partial charge in [-0.1, -0.05) is 31.4 Å². The second-order valence-electron chi connectivity index (χ2n) is 6.92. The Labute approximate surface area is 155 Å². The Morgan fingerprint density at radius 1 is 1.28 bits per heavy atom. The van der Waals surface area contributed by atoms with E-state index in [4.69, 9.17) is 9.47 Å². The molecule has 2 unspecified atom stereocenters. The highest BCUT2D eigenvalue weighted by Crippen LogP contribution is 2.23. The van der Waals surface area contributed by atoms with Crippen LogP contribution in [-0.2, 0) is 9.47 Å². The van der Waals surface area contributed by atoms with E-state index in [0.717, 1.165) is 24.9 Å². The van der Waals surface area contributed by atoms with Crippen LogP contribution in [0.5, 0.6) is 0 Å². The quantitative estimate of drug-likeness (QED) is 0.830. The molecule has 6 heteroatoms. The zero-order chi connectivity index (χ0) is 16.8. The van der Waals surface area contributed by atoms with Gasteiger partial charge in [0.15, 0.2) is 0 Å². The van der Waals surface area contributed by atoms with Crippen molar-refractivity contribution in [1.29, 1.82) is 0 Å². The lowest BCUT2D eigenvalue weighted by Gasteiger charge is -2.34. The van der Waals surface area contributed by atoms with E-state index in [-0.39, 0.29) is 24.3 Å². The van der Waals surface area contributed by atoms with E-state index in [1.54, 1.807) is 6.07 Å². The largest absolute Gasteiger partial charge is 0.389 e. The van der Waals surface area contributed by atoms with Gasteiger partial charge >= 0.3 is 0 Å².